The minimum Gasteiger partial charge on any atom is -0.354 e. The van der Waals surface area contributed by atoms with E-state index in [2.05, 4.69) is 21.2 Å². The Hall–Kier alpha value is -3.69. The van der Waals surface area contributed by atoms with Gasteiger partial charge in [0, 0.05) is 29.4 Å². The normalized spacial score (nSPS) is 12.2. The standard InChI is InChI=1S/C33H36BrN3O4S/c1-24(2)21-35-33(39)31(20-25-11-5-4-6-12-25)36(22-26-13-9-16-28(34)19-26)32(38)23-37(42(3,40)41)30-18-10-15-27-14-7-8-17-29(27)30/h4-19,24,31H,20-23H2,1-3H3,(H,35,39)/t31-/m1/s1. The molecule has 0 saturated heterocycles. The van der Waals surface area contributed by atoms with Gasteiger partial charge in [-0.1, -0.05) is 109 Å². The molecule has 0 saturated carbocycles. The van der Waals surface area contributed by atoms with Gasteiger partial charge in [-0.2, -0.15) is 0 Å². The number of nitrogens with zero attached hydrogens (tertiary/aromatic N) is 2. The highest BCUT2D eigenvalue weighted by Crippen LogP contribution is 2.29. The zero-order valence-corrected chi connectivity index (χ0v) is 26.4. The lowest BCUT2D eigenvalue weighted by Gasteiger charge is -2.34. The molecule has 220 valence electrons. The number of anilines is 1. The Morgan fingerprint density at radius 3 is 2.19 bits per heavy atom. The van der Waals surface area contributed by atoms with Crippen LogP contribution in [-0.4, -0.2) is 50.5 Å². The van der Waals surface area contributed by atoms with Crippen LogP contribution in [-0.2, 0) is 32.6 Å². The summed E-state index contributed by atoms with van der Waals surface area (Å²) in [7, 11) is -3.87. The van der Waals surface area contributed by atoms with Crippen LogP contribution in [0.1, 0.15) is 25.0 Å². The van der Waals surface area contributed by atoms with Crippen molar-refractivity contribution in [2.45, 2.75) is 32.9 Å². The van der Waals surface area contributed by atoms with E-state index in [0.29, 0.717) is 17.6 Å². The van der Waals surface area contributed by atoms with Crippen LogP contribution in [0.3, 0.4) is 0 Å². The lowest BCUT2D eigenvalue weighted by atomic mass is 10.0. The maximum Gasteiger partial charge on any atom is 0.244 e. The molecule has 0 bridgehead atoms. The summed E-state index contributed by atoms with van der Waals surface area (Å²) < 4.78 is 28.3. The summed E-state index contributed by atoms with van der Waals surface area (Å²) in [5, 5.41) is 4.57. The van der Waals surface area contributed by atoms with Gasteiger partial charge in [0.1, 0.15) is 12.6 Å². The second-order valence-electron chi connectivity index (χ2n) is 10.8. The Bertz CT molecular complexity index is 1640. The second-order valence-corrected chi connectivity index (χ2v) is 13.6. The molecule has 4 aromatic carbocycles. The molecule has 2 amide bonds. The highest BCUT2D eigenvalue weighted by atomic mass is 79.9. The largest absolute Gasteiger partial charge is 0.354 e. The van der Waals surface area contributed by atoms with Crippen LogP contribution < -0.4 is 9.62 Å². The fraction of sp³-hybridized carbons (Fsp3) is 0.273. The summed E-state index contributed by atoms with van der Waals surface area (Å²) in [4.78, 5) is 29.5. The number of amides is 2. The van der Waals surface area contributed by atoms with E-state index in [9.17, 15) is 18.0 Å². The summed E-state index contributed by atoms with van der Waals surface area (Å²) in [5.74, 6) is -0.548. The summed E-state index contributed by atoms with van der Waals surface area (Å²) in [6, 6.07) is 29.0. The van der Waals surface area contributed by atoms with Crippen molar-refractivity contribution >= 4 is 54.2 Å². The van der Waals surface area contributed by atoms with Crippen molar-refractivity contribution in [3.8, 4) is 0 Å². The summed E-state index contributed by atoms with van der Waals surface area (Å²) in [6.07, 6.45) is 1.37. The van der Waals surface area contributed by atoms with Gasteiger partial charge in [-0.25, -0.2) is 8.42 Å². The van der Waals surface area contributed by atoms with Crippen LogP contribution in [0.4, 0.5) is 5.69 Å². The minimum absolute atomic E-state index is 0.123. The molecule has 0 spiro atoms. The van der Waals surface area contributed by atoms with Gasteiger partial charge in [0.05, 0.1) is 11.9 Å². The van der Waals surface area contributed by atoms with Crippen molar-refractivity contribution in [2.24, 2.45) is 5.92 Å². The molecule has 7 nitrogen and oxygen atoms in total. The number of carbonyl (C=O) groups is 2. The SMILES string of the molecule is CC(C)CNC(=O)[C@@H](Cc1ccccc1)N(Cc1cccc(Br)c1)C(=O)CN(c1cccc2ccccc12)S(C)(=O)=O. The van der Waals surface area contributed by atoms with Gasteiger partial charge in [0.15, 0.2) is 0 Å². The Morgan fingerprint density at radius 2 is 1.50 bits per heavy atom. The van der Waals surface area contributed by atoms with E-state index in [0.717, 1.165) is 31.5 Å². The fourth-order valence-electron chi connectivity index (χ4n) is 4.83. The summed E-state index contributed by atoms with van der Waals surface area (Å²) >= 11 is 3.50. The van der Waals surface area contributed by atoms with E-state index >= 15 is 0 Å². The molecule has 1 atom stereocenters. The number of rotatable bonds is 12. The van der Waals surface area contributed by atoms with Crippen molar-refractivity contribution in [3.05, 3.63) is 113 Å². The third-order valence-electron chi connectivity index (χ3n) is 6.91. The van der Waals surface area contributed by atoms with Gasteiger partial charge in [-0.05, 0) is 40.6 Å². The van der Waals surface area contributed by atoms with Crippen molar-refractivity contribution < 1.29 is 18.0 Å². The maximum atomic E-state index is 14.3. The zero-order valence-electron chi connectivity index (χ0n) is 24.0. The number of nitrogens with one attached hydrogen (secondary N) is 1. The van der Waals surface area contributed by atoms with Gasteiger partial charge in [0.25, 0.3) is 0 Å². The van der Waals surface area contributed by atoms with Crippen LogP contribution in [0.5, 0.6) is 0 Å². The van der Waals surface area contributed by atoms with Crippen molar-refractivity contribution in [1.29, 1.82) is 0 Å². The average molecular weight is 651 g/mol. The zero-order chi connectivity index (χ0) is 30.3. The molecule has 0 unspecified atom stereocenters. The first-order valence-corrected chi connectivity index (χ1v) is 16.5. The van der Waals surface area contributed by atoms with E-state index < -0.39 is 28.5 Å². The van der Waals surface area contributed by atoms with Gasteiger partial charge in [-0.15, -0.1) is 0 Å². The molecule has 4 rings (SSSR count). The molecule has 0 aliphatic rings. The topological polar surface area (TPSA) is 86.8 Å². The van der Waals surface area contributed by atoms with Gasteiger partial charge >= 0.3 is 0 Å². The minimum atomic E-state index is -3.87. The Kier molecular flexibility index (Phi) is 10.4. The first-order chi connectivity index (χ1) is 20.0. The molecule has 1 N–H and O–H groups in total. The number of benzene rings is 4. The third kappa shape index (κ3) is 8.20. The van der Waals surface area contributed by atoms with Crippen molar-refractivity contribution in [2.75, 3.05) is 23.7 Å². The van der Waals surface area contributed by atoms with E-state index in [1.54, 1.807) is 12.1 Å². The number of sulfonamides is 1. The predicted octanol–water partition coefficient (Wildman–Crippen LogP) is 5.78. The van der Waals surface area contributed by atoms with Gasteiger partial charge in [0.2, 0.25) is 21.8 Å². The first-order valence-electron chi connectivity index (χ1n) is 13.8. The molecular weight excluding hydrogens is 614 g/mol. The van der Waals surface area contributed by atoms with Crippen LogP contribution in [0.2, 0.25) is 0 Å². The maximum absolute atomic E-state index is 14.3. The third-order valence-corrected chi connectivity index (χ3v) is 8.53. The Morgan fingerprint density at radius 1 is 0.857 bits per heavy atom. The van der Waals surface area contributed by atoms with Crippen molar-refractivity contribution in [1.82, 2.24) is 10.2 Å². The lowest BCUT2D eigenvalue weighted by Crippen LogP contribution is -2.53. The van der Waals surface area contributed by atoms with Gasteiger partial charge < -0.3 is 10.2 Å². The quantitative estimate of drug-likeness (QED) is 0.211. The Labute approximate surface area is 256 Å². The van der Waals surface area contributed by atoms with E-state index in [1.807, 2.05) is 98.8 Å². The molecule has 9 heteroatoms. The van der Waals surface area contributed by atoms with Crippen LogP contribution >= 0.6 is 15.9 Å². The highest BCUT2D eigenvalue weighted by Gasteiger charge is 2.33. The fourth-order valence-corrected chi connectivity index (χ4v) is 6.14. The first kappa shape index (κ1) is 31.3. The predicted molar refractivity (Wildman–Crippen MR) is 173 cm³/mol. The summed E-state index contributed by atoms with van der Waals surface area (Å²) in [6.45, 7) is 4.13. The van der Waals surface area contributed by atoms with Crippen LogP contribution in [0, 0.1) is 5.92 Å². The number of carbonyl (C=O) groups excluding carboxylic acids is 2. The molecule has 42 heavy (non-hydrogen) atoms. The van der Waals surface area contributed by atoms with E-state index in [4.69, 9.17) is 0 Å². The number of hydrogen-bond acceptors (Lipinski definition) is 4. The smallest absolute Gasteiger partial charge is 0.244 e. The number of hydrogen-bond donors (Lipinski definition) is 1. The molecule has 0 fully saturated rings. The average Bonchev–Trinajstić information content (AvgIpc) is 2.96. The highest BCUT2D eigenvalue weighted by molar-refractivity contribution is 9.10. The lowest BCUT2D eigenvalue weighted by molar-refractivity contribution is -0.140. The second kappa shape index (κ2) is 14.0. The van der Waals surface area contributed by atoms with Crippen molar-refractivity contribution in [3.63, 3.8) is 0 Å². The van der Waals surface area contributed by atoms with E-state index in [-0.39, 0.29) is 24.8 Å². The molecular formula is C33H36BrN3O4S. The van der Waals surface area contributed by atoms with E-state index in [1.165, 1.54) is 4.90 Å². The number of halogens is 1. The molecule has 0 aromatic heterocycles. The molecule has 0 aliphatic carbocycles. The summed E-state index contributed by atoms with van der Waals surface area (Å²) in [5.41, 5.74) is 2.11. The van der Waals surface area contributed by atoms with Gasteiger partial charge in [-0.3, -0.25) is 13.9 Å². The van der Waals surface area contributed by atoms with Crippen LogP contribution in [0.25, 0.3) is 10.8 Å². The molecule has 4 aromatic rings. The molecule has 0 radical (unpaired) electrons. The number of fused-ring (bicyclic) bond motifs is 1. The molecule has 0 aliphatic heterocycles. The molecule has 0 heterocycles. The Balaban J connectivity index is 1.77. The van der Waals surface area contributed by atoms with Crippen LogP contribution in [0.15, 0.2) is 102 Å². The monoisotopic (exact) mass is 649 g/mol.